The average molecular weight is 258 g/mol. The Bertz CT molecular complexity index is 332. The van der Waals surface area contributed by atoms with E-state index in [0.717, 1.165) is 5.56 Å². The third-order valence-electron chi connectivity index (χ3n) is 2.18. The molecule has 1 rings (SSSR count). The van der Waals surface area contributed by atoms with E-state index in [1.807, 2.05) is 30.3 Å². The fraction of sp³-hybridized carbons (Fsp3) is 0.417. The van der Waals surface area contributed by atoms with E-state index in [2.05, 4.69) is 5.32 Å². The minimum absolute atomic E-state index is 0.207. The molecule has 1 atom stereocenters. The first kappa shape index (κ1) is 14.0. The quantitative estimate of drug-likeness (QED) is 0.563. The number of carbonyl (C=O) groups excluding carboxylic acids is 1. The Hall–Kier alpha value is -1.10. The molecule has 0 saturated carbocycles. The van der Waals surface area contributed by atoms with Crippen LogP contribution in [0.5, 0.6) is 0 Å². The lowest BCUT2D eigenvalue weighted by Gasteiger charge is -2.14. The van der Waals surface area contributed by atoms with E-state index in [4.69, 9.17) is 21.4 Å². The number of alkyl halides is 1. The monoisotopic (exact) mass is 257 g/mol. The van der Waals surface area contributed by atoms with Gasteiger partial charge in [0.25, 0.3) is 0 Å². The van der Waals surface area contributed by atoms with Gasteiger partial charge in [-0.05, 0) is 5.56 Å². The first-order valence-corrected chi connectivity index (χ1v) is 5.92. The zero-order valence-corrected chi connectivity index (χ0v) is 10.2. The molecule has 0 bridgehead atoms. The van der Waals surface area contributed by atoms with Crippen molar-refractivity contribution in [3.8, 4) is 0 Å². The zero-order valence-electron chi connectivity index (χ0n) is 9.43. The van der Waals surface area contributed by atoms with E-state index in [1.54, 1.807) is 0 Å². The number of ether oxygens (including phenoxy) is 1. The third kappa shape index (κ3) is 5.17. The van der Waals surface area contributed by atoms with Gasteiger partial charge in [-0.3, -0.25) is 4.79 Å². The number of halogens is 1. The van der Waals surface area contributed by atoms with Crippen LogP contribution in [-0.4, -0.2) is 36.1 Å². The van der Waals surface area contributed by atoms with Crippen molar-refractivity contribution in [2.24, 2.45) is 0 Å². The number of hydrogen-bond acceptors (Lipinski definition) is 4. The van der Waals surface area contributed by atoms with Crippen molar-refractivity contribution in [1.82, 2.24) is 5.32 Å². The van der Waals surface area contributed by atoms with E-state index < -0.39 is 12.0 Å². The highest BCUT2D eigenvalue weighted by molar-refractivity contribution is 6.18. The maximum atomic E-state index is 11.6. The molecule has 0 heterocycles. The van der Waals surface area contributed by atoms with Gasteiger partial charge in [0.15, 0.2) is 0 Å². The molecule has 2 N–H and O–H groups in total. The molecule has 0 unspecified atom stereocenters. The van der Waals surface area contributed by atoms with E-state index in [9.17, 15) is 4.79 Å². The topological polar surface area (TPSA) is 58.6 Å². The minimum Gasteiger partial charge on any atom is -0.460 e. The van der Waals surface area contributed by atoms with Gasteiger partial charge in [-0.1, -0.05) is 30.3 Å². The summed E-state index contributed by atoms with van der Waals surface area (Å²) >= 11 is 5.48. The van der Waals surface area contributed by atoms with Gasteiger partial charge in [0.1, 0.15) is 12.6 Å². The van der Waals surface area contributed by atoms with Crippen LogP contribution in [0.15, 0.2) is 30.3 Å². The fourth-order valence-electron chi connectivity index (χ4n) is 1.28. The number of aliphatic hydroxyl groups excluding tert-OH is 1. The molecule has 0 amide bonds. The summed E-state index contributed by atoms with van der Waals surface area (Å²) < 4.78 is 5.07. The summed E-state index contributed by atoms with van der Waals surface area (Å²) in [6, 6.07) is 8.67. The third-order valence-corrected chi connectivity index (χ3v) is 2.37. The second kappa shape index (κ2) is 8.06. The van der Waals surface area contributed by atoms with Crippen LogP contribution in [0.1, 0.15) is 5.56 Å². The minimum atomic E-state index is -0.711. The Labute approximate surface area is 106 Å². The number of aliphatic hydroxyl groups is 1. The van der Waals surface area contributed by atoms with Crippen molar-refractivity contribution in [3.63, 3.8) is 0 Å². The molecule has 1 aromatic carbocycles. The van der Waals surface area contributed by atoms with Crippen molar-refractivity contribution in [3.05, 3.63) is 35.9 Å². The van der Waals surface area contributed by atoms with Crippen molar-refractivity contribution in [2.75, 3.05) is 19.0 Å². The maximum Gasteiger partial charge on any atom is 0.325 e. The maximum absolute atomic E-state index is 11.6. The van der Waals surface area contributed by atoms with Gasteiger partial charge in [-0.2, -0.15) is 0 Å². The molecule has 0 aliphatic heterocycles. The van der Waals surface area contributed by atoms with E-state index in [0.29, 0.717) is 12.4 Å². The Morgan fingerprint density at radius 1 is 1.41 bits per heavy atom. The SMILES string of the molecule is O=C(OCc1ccccc1)[C@H](CO)NCCCl. The normalized spacial score (nSPS) is 12.1. The van der Waals surface area contributed by atoms with Crippen LogP contribution in [0, 0.1) is 0 Å². The van der Waals surface area contributed by atoms with Crippen LogP contribution < -0.4 is 5.32 Å². The van der Waals surface area contributed by atoms with Crippen LogP contribution in [0.25, 0.3) is 0 Å². The molecule has 17 heavy (non-hydrogen) atoms. The highest BCUT2D eigenvalue weighted by Crippen LogP contribution is 2.01. The smallest absolute Gasteiger partial charge is 0.325 e. The van der Waals surface area contributed by atoms with Gasteiger partial charge in [0.2, 0.25) is 0 Å². The lowest BCUT2D eigenvalue weighted by atomic mass is 10.2. The molecule has 0 fully saturated rings. The van der Waals surface area contributed by atoms with E-state index in [1.165, 1.54) is 0 Å². The molecule has 0 radical (unpaired) electrons. The molecular formula is C12H16ClNO3. The summed E-state index contributed by atoms with van der Waals surface area (Å²) in [7, 11) is 0. The van der Waals surface area contributed by atoms with Crippen LogP contribution in [0.2, 0.25) is 0 Å². The molecule has 5 heteroatoms. The molecule has 0 aliphatic rings. The highest BCUT2D eigenvalue weighted by atomic mass is 35.5. The highest BCUT2D eigenvalue weighted by Gasteiger charge is 2.17. The van der Waals surface area contributed by atoms with Gasteiger partial charge in [0.05, 0.1) is 6.61 Å². The lowest BCUT2D eigenvalue weighted by Crippen LogP contribution is -2.41. The predicted molar refractivity (Wildman–Crippen MR) is 65.8 cm³/mol. The van der Waals surface area contributed by atoms with Gasteiger partial charge in [0, 0.05) is 12.4 Å². The van der Waals surface area contributed by atoms with Gasteiger partial charge < -0.3 is 15.2 Å². The second-order valence-electron chi connectivity index (χ2n) is 3.47. The number of hydrogen-bond donors (Lipinski definition) is 2. The van der Waals surface area contributed by atoms with Gasteiger partial charge >= 0.3 is 5.97 Å². The van der Waals surface area contributed by atoms with Gasteiger partial charge in [-0.15, -0.1) is 11.6 Å². The van der Waals surface area contributed by atoms with E-state index >= 15 is 0 Å². The van der Waals surface area contributed by atoms with Crippen LogP contribution in [0.4, 0.5) is 0 Å². The summed E-state index contributed by atoms with van der Waals surface area (Å²) in [4.78, 5) is 11.6. The first-order valence-electron chi connectivity index (χ1n) is 5.38. The summed E-state index contributed by atoms with van der Waals surface area (Å²) in [5.41, 5.74) is 0.912. The summed E-state index contributed by atoms with van der Waals surface area (Å²) in [5, 5.41) is 11.8. The van der Waals surface area contributed by atoms with Crippen molar-refractivity contribution in [2.45, 2.75) is 12.6 Å². The number of esters is 1. The molecule has 4 nitrogen and oxygen atoms in total. The number of rotatable bonds is 7. The Morgan fingerprint density at radius 3 is 2.71 bits per heavy atom. The summed E-state index contributed by atoms with van der Waals surface area (Å²) in [6.45, 7) is 0.358. The fourth-order valence-corrected chi connectivity index (χ4v) is 1.39. The molecule has 0 spiro atoms. The molecular weight excluding hydrogens is 242 g/mol. The summed E-state index contributed by atoms with van der Waals surface area (Å²) in [5.74, 6) is -0.0934. The molecule has 0 aliphatic carbocycles. The van der Waals surface area contributed by atoms with Crippen LogP contribution >= 0.6 is 11.6 Å². The van der Waals surface area contributed by atoms with E-state index in [-0.39, 0.29) is 13.2 Å². The molecule has 0 aromatic heterocycles. The van der Waals surface area contributed by atoms with Crippen molar-refractivity contribution < 1.29 is 14.6 Å². The first-order chi connectivity index (χ1) is 8.27. The van der Waals surface area contributed by atoms with Gasteiger partial charge in [-0.25, -0.2) is 0 Å². The number of carbonyl (C=O) groups is 1. The van der Waals surface area contributed by atoms with Crippen molar-refractivity contribution in [1.29, 1.82) is 0 Å². The van der Waals surface area contributed by atoms with Crippen LogP contribution in [-0.2, 0) is 16.1 Å². The lowest BCUT2D eigenvalue weighted by molar-refractivity contribution is -0.148. The number of benzene rings is 1. The molecule has 94 valence electrons. The van der Waals surface area contributed by atoms with Crippen LogP contribution in [0.3, 0.4) is 0 Å². The molecule has 0 saturated heterocycles. The average Bonchev–Trinajstić information content (AvgIpc) is 2.38. The zero-order chi connectivity index (χ0) is 12.5. The Balaban J connectivity index is 2.37. The number of nitrogens with one attached hydrogen (secondary N) is 1. The predicted octanol–water partition coefficient (Wildman–Crippen LogP) is 0.919. The Morgan fingerprint density at radius 2 is 2.12 bits per heavy atom. The largest absolute Gasteiger partial charge is 0.460 e. The standard InChI is InChI=1S/C12H16ClNO3/c13-6-7-14-11(8-15)12(16)17-9-10-4-2-1-3-5-10/h1-5,11,14-15H,6-9H2/t11-/m0/s1. The molecule has 1 aromatic rings. The summed E-state index contributed by atoms with van der Waals surface area (Å²) in [6.07, 6.45) is 0. The second-order valence-corrected chi connectivity index (χ2v) is 3.85. The van der Waals surface area contributed by atoms with Crippen molar-refractivity contribution >= 4 is 17.6 Å². The Kier molecular flexibility index (Phi) is 6.62.